The molecule has 10 nitrogen and oxygen atoms in total. The molecule has 3 aromatic carbocycles. The second-order valence-electron chi connectivity index (χ2n) is 16.8. The van der Waals surface area contributed by atoms with Crippen LogP contribution < -0.4 is 10.6 Å². The van der Waals surface area contributed by atoms with Gasteiger partial charge in [0.15, 0.2) is 6.29 Å². The van der Waals surface area contributed by atoms with Crippen LogP contribution in [0.25, 0.3) is 11.1 Å². The van der Waals surface area contributed by atoms with Crippen LogP contribution in [0.3, 0.4) is 0 Å². The van der Waals surface area contributed by atoms with Crippen LogP contribution in [0.4, 0.5) is 0 Å². The molecule has 296 valence electrons. The molecule has 4 N–H and O–H groups in total. The Bertz CT molecular complexity index is 1760. The van der Waals surface area contributed by atoms with E-state index in [1.807, 2.05) is 81.4 Å². The zero-order chi connectivity index (χ0) is 39.1. The number of piperidine rings is 1. The number of nitrogens with one attached hydrogen (secondary N) is 2. The fourth-order valence-corrected chi connectivity index (χ4v) is 8.72. The molecule has 0 radical (unpaired) electrons. The first-order valence-electron chi connectivity index (χ1n) is 20.2. The van der Waals surface area contributed by atoms with Crippen molar-refractivity contribution in [1.29, 1.82) is 0 Å². The van der Waals surface area contributed by atoms with E-state index in [4.69, 9.17) is 14.6 Å². The van der Waals surface area contributed by atoms with Crippen molar-refractivity contribution in [1.82, 2.24) is 15.5 Å². The van der Waals surface area contributed by atoms with Crippen LogP contribution in [0, 0.1) is 11.8 Å². The number of fused-ring (bicyclic) bond motifs is 1. The number of carboxylic acids is 1. The highest BCUT2D eigenvalue weighted by Gasteiger charge is 2.46. The topological polar surface area (TPSA) is 137 Å². The van der Waals surface area contributed by atoms with E-state index in [1.54, 1.807) is 0 Å². The number of amides is 2. The largest absolute Gasteiger partial charge is 0.481 e. The number of aliphatic hydroxyl groups is 1. The molecule has 0 bridgehead atoms. The van der Waals surface area contributed by atoms with Crippen LogP contribution in [-0.4, -0.2) is 63.2 Å². The minimum atomic E-state index is -0.906. The summed E-state index contributed by atoms with van der Waals surface area (Å²) in [6.45, 7) is 9.24. The lowest BCUT2D eigenvalue weighted by atomic mass is 9.75. The van der Waals surface area contributed by atoms with Gasteiger partial charge in [0.1, 0.15) is 0 Å². The molecule has 0 spiro atoms. The van der Waals surface area contributed by atoms with E-state index < -0.39 is 12.3 Å². The average molecular weight is 754 g/mol. The van der Waals surface area contributed by atoms with Crippen molar-refractivity contribution in [2.75, 3.05) is 6.54 Å². The standard InChI is InChI=1S/C45H59N3O7/c1-29-39(27-48-37-13-8-6-10-32(37)24-25-38(48)43(53)47-45(2,3)4)54-44(55-42(29)33-18-16-30(28-49)17-19-33)34-22-20-31(21-23-34)36-12-7-5-11-35(36)26-46-40(50)14-9-15-41(51)52/h5,7,11-12,16-23,29,32,37-39,42,44,49H,6,8-10,13-15,24-28H2,1-4H3,(H,46,50)(H,47,53)(H,51,52)/t29-,32+,37+,38+,39+,42+,44+/m0/s1. The molecule has 55 heavy (non-hydrogen) atoms. The molecular weight excluding hydrogens is 695 g/mol. The number of rotatable bonds is 13. The minimum absolute atomic E-state index is 0.0167. The third-order valence-electron chi connectivity index (χ3n) is 11.6. The van der Waals surface area contributed by atoms with Gasteiger partial charge in [-0.05, 0) is 86.6 Å². The molecular formula is C45H59N3O7. The minimum Gasteiger partial charge on any atom is -0.481 e. The maximum Gasteiger partial charge on any atom is 0.303 e. The summed E-state index contributed by atoms with van der Waals surface area (Å²) < 4.78 is 13.8. The van der Waals surface area contributed by atoms with Gasteiger partial charge in [-0.1, -0.05) is 92.6 Å². The summed E-state index contributed by atoms with van der Waals surface area (Å²) in [4.78, 5) is 39.6. The highest BCUT2D eigenvalue weighted by molar-refractivity contribution is 5.82. The Hall–Kier alpha value is -4.09. The Labute approximate surface area is 326 Å². The van der Waals surface area contributed by atoms with Crippen molar-refractivity contribution in [3.8, 4) is 11.1 Å². The molecule has 2 heterocycles. The first-order chi connectivity index (χ1) is 26.4. The summed E-state index contributed by atoms with van der Waals surface area (Å²) in [5.41, 5.74) is 5.36. The van der Waals surface area contributed by atoms with Gasteiger partial charge in [-0.25, -0.2) is 0 Å². The number of carbonyl (C=O) groups excluding carboxylic acids is 2. The van der Waals surface area contributed by atoms with E-state index >= 15 is 0 Å². The molecule has 7 atom stereocenters. The number of aliphatic carboxylic acids is 1. The van der Waals surface area contributed by atoms with Gasteiger partial charge in [0, 0.05) is 49.0 Å². The van der Waals surface area contributed by atoms with Crippen molar-refractivity contribution >= 4 is 17.8 Å². The molecule has 1 saturated carbocycles. The van der Waals surface area contributed by atoms with E-state index in [1.165, 1.54) is 19.3 Å². The zero-order valence-corrected chi connectivity index (χ0v) is 32.8. The van der Waals surface area contributed by atoms with Crippen LogP contribution >= 0.6 is 0 Å². The number of hydrogen-bond donors (Lipinski definition) is 4. The zero-order valence-electron chi connectivity index (χ0n) is 32.8. The lowest BCUT2D eigenvalue weighted by Crippen LogP contribution is -2.61. The molecule has 10 heteroatoms. The number of hydrogen-bond acceptors (Lipinski definition) is 7. The number of carboxylic acid groups (broad SMARTS) is 1. The Morgan fingerprint density at radius 1 is 0.855 bits per heavy atom. The number of aliphatic hydroxyl groups excluding tert-OH is 1. The normalized spacial score (nSPS) is 25.8. The Morgan fingerprint density at radius 3 is 2.27 bits per heavy atom. The summed E-state index contributed by atoms with van der Waals surface area (Å²) in [7, 11) is 0. The number of ether oxygens (including phenoxy) is 2. The lowest BCUT2D eigenvalue weighted by Gasteiger charge is -2.51. The Balaban J connectivity index is 1.25. The first kappa shape index (κ1) is 40.6. The molecule has 6 rings (SSSR count). The monoisotopic (exact) mass is 753 g/mol. The van der Waals surface area contributed by atoms with Gasteiger partial charge in [-0.15, -0.1) is 0 Å². The molecule has 0 unspecified atom stereocenters. The predicted molar refractivity (Wildman–Crippen MR) is 212 cm³/mol. The van der Waals surface area contributed by atoms with Gasteiger partial charge in [0.2, 0.25) is 11.8 Å². The Morgan fingerprint density at radius 2 is 1.56 bits per heavy atom. The Kier molecular flexibility index (Phi) is 13.5. The summed E-state index contributed by atoms with van der Waals surface area (Å²) in [5, 5.41) is 24.9. The fourth-order valence-electron chi connectivity index (χ4n) is 8.72. The SMILES string of the molecule is C[C@H]1[C@@H](CN2[C@@H](C(=O)NC(C)(C)C)CC[C@H]3CCCC[C@H]32)O[C@@H](c2ccc(-c3ccccc3CNC(=O)CCCC(=O)O)cc2)O[C@H]1c1ccc(CO)cc1. The van der Waals surface area contributed by atoms with E-state index in [0.29, 0.717) is 31.5 Å². The van der Waals surface area contributed by atoms with E-state index in [0.717, 1.165) is 52.6 Å². The van der Waals surface area contributed by atoms with E-state index in [2.05, 4.69) is 34.6 Å². The molecule has 3 aromatic rings. The molecule has 2 aliphatic heterocycles. The maximum absolute atomic E-state index is 13.9. The predicted octanol–water partition coefficient (Wildman–Crippen LogP) is 7.45. The average Bonchev–Trinajstić information content (AvgIpc) is 3.17. The van der Waals surface area contributed by atoms with Crippen LogP contribution in [-0.2, 0) is 37.0 Å². The van der Waals surface area contributed by atoms with Gasteiger partial charge in [-0.3, -0.25) is 19.3 Å². The van der Waals surface area contributed by atoms with Crippen LogP contribution in [0.2, 0.25) is 0 Å². The molecule has 0 aromatic heterocycles. The van der Waals surface area contributed by atoms with Crippen LogP contribution in [0.1, 0.15) is 120 Å². The molecule has 3 aliphatic rings. The number of carbonyl (C=O) groups is 3. The summed E-state index contributed by atoms with van der Waals surface area (Å²) in [5.74, 6) is -0.417. The molecule has 2 amide bonds. The second kappa shape index (κ2) is 18.2. The maximum atomic E-state index is 13.9. The van der Waals surface area contributed by atoms with Gasteiger partial charge in [0.25, 0.3) is 0 Å². The smallest absolute Gasteiger partial charge is 0.303 e. The fraction of sp³-hybridized carbons (Fsp3) is 0.533. The van der Waals surface area contributed by atoms with E-state index in [9.17, 15) is 19.5 Å². The van der Waals surface area contributed by atoms with Crippen LogP contribution in [0.5, 0.6) is 0 Å². The van der Waals surface area contributed by atoms with Crippen molar-refractivity contribution in [2.24, 2.45) is 11.8 Å². The highest BCUT2D eigenvalue weighted by atomic mass is 16.7. The van der Waals surface area contributed by atoms with Crippen molar-refractivity contribution in [2.45, 2.75) is 135 Å². The summed E-state index contributed by atoms with van der Waals surface area (Å²) in [6, 6.07) is 24.2. The molecule has 3 fully saturated rings. The van der Waals surface area contributed by atoms with E-state index in [-0.39, 0.29) is 61.0 Å². The van der Waals surface area contributed by atoms with Gasteiger partial charge in [0.05, 0.1) is 24.9 Å². The van der Waals surface area contributed by atoms with Crippen molar-refractivity contribution in [3.63, 3.8) is 0 Å². The second-order valence-corrected chi connectivity index (χ2v) is 16.8. The number of benzene rings is 3. The first-order valence-corrected chi connectivity index (χ1v) is 20.2. The lowest BCUT2D eigenvalue weighted by molar-refractivity contribution is -0.278. The summed E-state index contributed by atoms with van der Waals surface area (Å²) >= 11 is 0. The quantitative estimate of drug-likeness (QED) is 0.141. The molecule has 1 aliphatic carbocycles. The number of likely N-dealkylation sites (tertiary alicyclic amines) is 1. The van der Waals surface area contributed by atoms with Gasteiger partial charge in [-0.2, -0.15) is 0 Å². The van der Waals surface area contributed by atoms with Gasteiger partial charge >= 0.3 is 5.97 Å². The number of nitrogens with zero attached hydrogens (tertiary/aromatic N) is 1. The van der Waals surface area contributed by atoms with Gasteiger partial charge < -0.3 is 30.3 Å². The molecule has 2 saturated heterocycles. The summed E-state index contributed by atoms with van der Waals surface area (Å²) in [6.07, 6.45) is 5.93. The highest BCUT2D eigenvalue weighted by Crippen LogP contribution is 2.44. The van der Waals surface area contributed by atoms with Crippen LogP contribution in [0.15, 0.2) is 72.8 Å². The third kappa shape index (κ3) is 10.4. The van der Waals surface area contributed by atoms with Crippen molar-refractivity contribution < 1.29 is 34.1 Å². The van der Waals surface area contributed by atoms with Crippen molar-refractivity contribution in [3.05, 3.63) is 95.1 Å². The third-order valence-corrected chi connectivity index (χ3v) is 11.6.